The molecule has 1 unspecified atom stereocenters. The molecular weight excluding hydrogens is 226 g/mol. The van der Waals surface area contributed by atoms with E-state index in [0.717, 1.165) is 5.56 Å². The van der Waals surface area contributed by atoms with E-state index in [9.17, 15) is 13.6 Å². The average Bonchev–Trinajstić information content (AvgIpc) is 2.22. The number of carbonyl (C=O) groups excluding carboxylic acids is 1. The highest BCUT2D eigenvalue weighted by atomic mass is 19.3. The number of aryl methyl sites for hydroxylation is 1. The van der Waals surface area contributed by atoms with Crippen molar-refractivity contribution in [2.45, 2.75) is 33.2 Å². The summed E-state index contributed by atoms with van der Waals surface area (Å²) in [6, 6.07) is 4.20. The molecule has 0 aliphatic carbocycles. The molecule has 1 atom stereocenters. The lowest BCUT2D eigenvalue weighted by Gasteiger charge is -2.16. The van der Waals surface area contributed by atoms with E-state index in [4.69, 9.17) is 0 Å². The van der Waals surface area contributed by atoms with Gasteiger partial charge >= 0.3 is 0 Å². The van der Waals surface area contributed by atoms with E-state index < -0.39 is 12.5 Å². The van der Waals surface area contributed by atoms with E-state index in [-0.39, 0.29) is 5.91 Å². The largest absolute Gasteiger partial charge is 0.377 e. The fourth-order valence-electron chi connectivity index (χ4n) is 1.36. The maximum Gasteiger partial charge on any atom is 0.258 e. The first-order chi connectivity index (χ1) is 7.90. The van der Waals surface area contributed by atoms with Crippen molar-refractivity contribution in [1.82, 2.24) is 0 Å². The van der Waals surface area contributed by atoms with Gasteiger partial charge in [-0.15, -0.1) is 0 Å². The van der Waals surface area contributed by atoms with Crippen LogP contribution in [0.2, 0.25) is 0 Å². The predicted molar refractivity (Wildman–Crippen MR) is 64.6 cm³/mol. The normalized spacial score (nSPS) is 12.4. The molecule has 0 fully saturated rings. The molecule has 1 aromatic carbocycles. The Morgan fingerprint density at radius 1 is 1.35 bits per heavy atom. The highest BCUT2D eigenvalue weighted by Crippen LogP contribution is 2.21. The number of halogens is 2. The van der Waals surface area contributed by atoms with Crippen LogP contribution in [0.4, 0.5) is 20.2 Å². The maximum absolute atomic E-state index is 12.4. The lowest BCUT2D eigenvalue weighted by Crippen LogP contribution is -2.23. The SMILES string of the molecule is CC(=O)Nc1cc(NC(C)C(F)F)ccc1C. The highest BCUT2D eigenvalue weighted by Gasteiger charge is 2.14. The Kier molecular flexibility index (Phi) is 4.43. The van der Waals surface area contributed by atoms with Crippen LogP contribution in [0.3, 0.4) is 0 Å². The Morgan fingerprint density at radius 3 is 2.53 bits per heavy atom. The minimum absolute atomic E-state index is 0.188. The number of hydrogen-bond acceptors (Lipinski definition) is 2. The molecule has 0 aromatic heterocycles. The number of anilines is 2. The summed E-state index contributed by atoms with van der Waals surface area (Å²) in [6.07, 6.45) is -2.43. The Morgan fingerprint density at radius 2 is 2.00 bits per heavy atom. The Labute approximate surface area is 99.2 Å². The summed E-state index contributed by atoms with van der Waals surface area (Å²) in [7, 11) is 0. The first-order valence-corrected chi connectivity index (χ1v) is 5.33. The molecule has 3 nitrogen and oxygen atoms in total. The Hall–Kier alpha value is -1.65. The minimum atomic E-state index is -2.43. The smallest absolute Gasteiger partial charge is 0.258 e. The summed E-state index contributed by atoms with van der Waals surface area (Å²) in [5, 5.41) is 5.33. The lowest BCUT2D eigenvalue weighted by molar-refractivity contribution is -0.114. The van der Waals surface area contributed by atoms with Crippen LogP contribution in [0.15, 0.2) is 18.2 Å². The van der Waals surface area contributed by atoms with Crippen molar-refractivity contribution in [2.24, 2.45) is 0 Å². The summed E-state index contributed by atoms with van der Waals surface area (Å²) in [5.41, 5.74) is 2.08. The average molecular weight is 242 g/mol. The van der Waals surface area contributed by atoms with Gasteiger partial charge in [-0.3, -0.25) is 4.79 Å². The van der Waals surface area contributed by atoms with E-state index >= 15 is 0 Å². The number of nitrogens with one attached hydrogen (secondary N) is 2. The number of benzene rings is 1. The van der Waals surface area contributed by atoms with E-state index in [2.05, 4.69) is 10.6 Å². The number of amides is 1. The maximum atomic E-state index is 12.4. The van der Waals surface area contributed by atoms with Crippen molar-refractivity contribution in [1.29, 1.82) is 0 Å². The first-order valence-electron chi connectivity index (χ1n) is 5.33. The summed E-state index contributed by atoms with van der Waals surface area (Å²) in [5.74, 6) is -0.188. The second-order valence-corrected chi connectivity index (χ2v) is 3.98. The van der Waals surface area contributed by atoms with Gasteiger partial charge in [-0.05, 0) is 31.5 Å². The van der Waals surface area contributed by atoms with Gasteiger partial charge in [-0.2, -0.15) is 0 Å². The molecule has 1 aromatic rings. The van der Waals surface area contributed by atoms with Gasteiger partial charge in [0.25, 0.3) is 6.43 Å². The van der Waals surface area contributed by atoms with Gasteiger partial charge < -0.3 is 10.6 Å². The standard InChI is InChI=1S/C12H16F2N2O/c1-7-4-5-10(15-8(2)12(13)14)6-11(7)16-9(3)17/h4-6,8,12,15H,1-3H3,(H,16,17). The minimum Gasteiger partial charge on any atom is -0.377 e. The second kappa shape index (κ2) is 5.61. The van der Waals surface area contributed by atoms with Crippen molar-refractivity contribution in [3.63, 3.8) is 0 Å². The molecule has 0 aliphatic rings. The Bertz CT molecular complexity index is 407. The zero-order valence-corrected chi connectivity index (χ0v) is 10.1. The van der Waals surface area contributed by atoms with Crippen molar-refractivity contribution < 1.29 is 13.6 Å². The van der Waals surface area contributed by atoms with Crippen LogP contribution in [0, 0.1) is 6.92 Å². The van der Waals surface area contributed by atoms with Crippen molar-refractivity contribution >= 4 is 17.3 Å². The molecule has 0 radical (unpaired) electrons. The molecule has 0 saturated carbocycles. The van der Waals surface area contributed by atoms with E-state index in [0.29, 0.717) is 11.4 Å². The Balaban J connectivity index is 2.84. The third kappa shape index (κ3) is 4.01. The number of carbonyl (C=O) groups is 1. The molecule has 0 aliphatic heterocycles. The van der Waals surface area contributed by atoms with Gasteiger partial charge in [0, 0.05) is 18.3 Å². The first kappa shape index (κ1) is 13.4. The number of hydrogen-bond donors (Lipinski definition) is 2. The fraction of sp³-hybridized carbons (Fsp3) is 0.417. The third-order valence-corrected chi connectivity index (χ3v) is 2.32. The van der Waals surface area contributed by atoms with Crippen molar-refractivity contribution in [3.05, 3.63) is 23.8 Å². The number of alkyl halides is 2. The van der Waals surface area contributed by atoms with Crippen LogP contribution >= 0.6 is 0 Å². The molecule has 0 spiro atoms. The monoisotopic (exact) mass is 242 g/mol. The van der Waals surface area contributed by atoms with Crippen LogP contribution in [-0.4, -0.2) is 18.4 Å². The third-order valence-electron chi connectivity index (χ3n) is 2.32. The topological polar surface area (TPSA) is 41.1 Å². The lowest BCUT2D eigenvalue weighted by atomic mass is 10.1. The van der Waals surface area contributed by atoms with E-state index in [1.54, 1.807) is 18.2 Å². The second-order valence-electron chi connectivity index (χ2n) is 3.98. The summed E-state index contributed by atoms with van der Waals surface area (Å²) in [6.45, 7) is 4.65. The van der Waals surface area contributed by atoms with Crippen LogP contribution in [0.1, 0.15) is 19.4 Å². The fourth-order valence-corrected chi connectivity index (χ4v) is 1.36. The highest BCUT2D eigenvalue weighted by molar-refractivity contribution is 5.90. The van der Waals surface area contributed by atoms with Gasteiger partial charge in [-0.1, -0.05) is 6.07 Å². The van der Waals surface area contributed by atoms with Crippen molar-refractivity contribution in [3.8, 4) is 0 Å². The molecule has 1 amide bonds. The molecule has 5 heteroatoms. The van der Waals surface area contributed by atoms with Gasteiger partial charge in [0.15, 0.2) is 0 Å². The molecule has 17 heavy (non-hydrogen) atoms. The quantitative estimate of drug-likeness (QED) is 0.852. The van der Waals surface area contributed by atoms with Gasteiger partial charge in [0.05, 0.1) is 6.04 Å². The van der Waals surface area contributed by atoms with Crippen LogP contribution in [0.25, 0.3) is 0 Å². The summed E-state index contributed by atoms with van der Waals surface area (Å²) < 4.78 is 24.7. The summed E-state index contributed by atoms with van der Waals surface area (Å²) >= 11 is 0. The zero-order chi connectivity index (χ0) is 13.0. The molecule has 0 bridgehead atoms. The van der Waals surface area contributed by atoms with Crippen LogP contribution in [0.5, 0.6) is 0 Å². The molecule has 0 saturated heterocycles. The van der Waals surface area contributed by atoms with Gasteiger partial charge in [0.2, 0.25) is 5.91 Å². The van der Waals surface area contributed by atoms with Gasteiger partial charge in [0.1, 0.15) is 0 Å². The summed E-state index contributed by atoms with van der Waals surface area (Å²) in [4.78, 5) is 11.0. The van der Waals surface area contributed by atoms with Gasteiger partial charge in [-0.25, -0.2) is 8.78 Å². The molecule has 0 heterocycles. The molecule has 2 N–H and O–H groups in total. The van der Waals surface area contributed by atoms with Crippen LogP contribution < -0.4 is 10.6 Å². The van der Waals surface area contributed by atoms with Crippen molar-refractivity contribution in [2.75, 3.05) is 10.6 Å². The molecule has 1 rings (SSSR count). The molecular formula is C12H16F2N2O. The van der Waals surface area contributed by atoms with E-state index in [1.165, 1.54) is 13.8 Å². The van der Waals surface area contributed by atoms with E-state index in [1.807, 2.05) is 6.92 Å². The predicted octanol–water partition coefficient (Wildman–Crippen LogP) is 3.02. The zero-order valence-electron chi connectivity index (χ0n) is 10.1. The number of rotatable bonds is 4. The van der Waals surface area contributed by atoms with Crippen LogP contribution in [-0.2, 0) is 4.79 Å². The molecule has 94 valence electrons.